The van der Waals surface area contributed by atoms with Gasteiger partial charge in [-0.1, -0.05) is 55.5 Å². The third-order valence-electron chi connectivity index (χ3n) is 4.10. The van der Waals surface area contributed by atoms with Crippen LogP contribution in [0.3, 0.4) is 0 Å². The number of nitrogens with one attached hydrogen (secondary N) is 1. The molecule has 23 heavy (non-hydrogen) atoms. The molecule has 2 aromatic rings. The Hall–Kier alpha value is -2.13. The Kier molecular flexibility index (Phi) is 6.36. The van der Waals surface area contributed by atoms with E-state index in [9.17, 15) is 4.79 Å². The second kappa shape index (κ2) is 8.49. The minimum atomic E-state index is 0.0777. The molecule has 0 spiro atoms. The number of carbonyl (C=O) groups is 1. The highest BCUT2D eigenvalue weighted by atomic mass is 16.1. The third kappa shape index (κ3) is 5.22. The van der Waals surface area contributed by atoms with Crippen LogP contribution in [-0.2, 0) is 11.3 Å². The number of nitrogens with zero attached hydrogens (tertiary/aromatic N) is 1. The van der Waals surface area contributed by atoms with E-state index < -0.39 is 0 Å². The maximum atomic E-state index is 12.3. The van der Waals surface area contributed by atoms with Gasteiger partial charge in [-0.05, 0) is 37.1 Å². The maximum absolute atomic E-state index is 12.3. The Balaban J connectivity index is 1.87. The summed E-state index contributed by atoms with van der Waals surface area (Å²) in [7, 11) is 0. The number of amides is 1. The van der Waals surface area contributed by atoms with Gasteiger partial charge in [-0.25, -0.2) is 0 Å². The zero-order valence-electron chi connectivity index (χ0n) is 14.3. The first kappa shape index (κ1) is 17.2. The van der Waals surface area contributed by atoms with Crippen LogP contribution >= 0.6 is 0 Å². The lowest BCUT2D eigenvalue weighted by atomic mass is 10.1. The number of hydrogen-bond donors (Lipinski definition) is 1. The number of para-hydroxylation sites is 1. The van der Waals surface area contributed by atoms with Crippen molar-refractivity contribution < 1.29 is 4.79 Å². The number of benzene rings is 2. The number of rotatable bonds is 7. The summed E-state index contributed by atoms with van der Waals surface area (Å²) in [6.45, 7) is 8.76. The van der Waals surface area contributed by atoms with E-state index in [4.69, 9.17) is 0 Å². The standard InChI is InChI=1S/C20H26N2O/c1-4-22(15-18-11-6-5-7-12-18)14-13-19(23)21-20-16(2)9-8-10-17(20)3/h5-12H,4,13-15H2,1-3H3,(H,21,23). The van der Waals surface area contributed by atoms with Crippen LogP contribution in [0.4, 0.5) is 5.69 Å². The molecule has 0 atom stereocenters. The molecule has 0 bridgehead atoms. The fourth-order valence-corrected chi connectivity index (χ4v) is 2.66. The van der Waals surface area contributed by atoms with Crippen LogP contribution in [0.15, 0.2) is 48.5 Å². The van der Waals surface area contributed by atoms with Gasteiger partial charge in [0.2, 0.25) is 5.91 Å². The topological polar surface area (TPSA) is 32.3 Å². The number of hydrogen-bond acceptors (Lipinski definition) is 2. The molecular formula is C20H26N2O. The summed E-state index contributed by atoms with van der Waals surface area (Å²) in [5.41, 5.74) is 4.44. The Morgan fingerprint density at radius 1 is 1.00 bits per heavy atom. The molecule has 0 aliphatic rings. The summed E-state index contributed by atoms with van der Waals surface area (Å²) in [5, 5.41) is 3.06. The number of carbonyl (C=O) groups excluding carboxylic acids is 1. The van der Waals surface area contributed by atoms with E-state index in [0.29, 0.717) is 6.42 Å². The summed E-state index contributed by atoms with van der Waals surface area (Å²) in [5.74, 6) is 0.0777. The lowest BCUT2D eigenvalue weighted by Crippen LogP contribution is -2.27. The first-order valence-electron chi connectivity index (χ1n) is 8.22. The predicted octanol–water partition coefficient (Wildman–Crippen LogP) is 4.15. The van der Waals surface area contributed by atoms with Gasteiger partial charge < -0.3 is 5.32 Å². The van der Waals surface area contributed by atoms with E-state index in [1.807, 2.05) is 38.1 Å². The van der Waals surface area contributed by atoms with Gasteiger partial charge in [0.25, 0.3) is 0 Å². The van der Waals surface area contributed by atoms with Crippen LogP contribution in [-0.4, -0.2) is 23.9 Å². The smallest absolute Gasteiger partial charge is 0.225 e. The molecule has 0 unspecified atom stereocenters. The van der Waals surface area contributed by atoms with Crippen molar-refractivity contribution in [3.05, 3.63) is 65.2 Å². The van der Waals surface area contributed by atoms with Crippen molar-refractivity contribution >= 4 is 11.6 Å². The molecule has 122 valence electrons. The molecule has 0 aliphatic heterocycles. The normalized spacial score (nSPS) is 10.8. The van der Waals surface area contributed by atoms with Crippen LogP contribution in [0.1, 0.15) is 30.0 Å². The SMILES string of the molecule is CCN(CCC(=O)Nc1c(C)cccc1C)Cc1ccccc1. The van der Waals surface area contributed by atoms with Gasteiger partial charge >= 0.3 is 0 Å². The highest BCUT2D eigenvalue weighted by Gasteiger charge is 2.10. The van der Waals surface area contributed by atoms with Crippen LogP contribution in [0.25, 0.3) is 0 Å². The third-order valence-corrected chi connectivity index (χ3v) is 4.10. The lowest BCUT2D eigenvalue weighted by molar-refractivity contribution is -0.116. The van der Waals surface area contributed by atoms with Gasteiger partial charge in [0.05, 0.1) is 0 Å². The van der Waals surface area contributed by atoms with Crippen LogP contribution in [0.5, 0.6) is 0 Å². The molecule has 3 heteroatoms. The molecule has 0 fully saturated rings. The fourth-order valence-electron chi connectivity index (χ4n) is 2.66. The van der Waals surface area contributed by atoms with Crippen molar-refractivity contribution in [2.24, 2.45) is 0 Å². The highest BCUT2D eigenvalue weighted by Crippen LogP contribution is 2.19. The molecule has 0 heterocycles. The van der Waals surface area contributed by atoms with Crippen LogP contribution in [0, 0.1) is 13.8 Å². The average Bonchev–Trinajstić information content (AvgIpc) is 2.56. The van der Waals surface area contributed by atoms with Gasteiger partial charge in [-0.15, -0.1) is 0 Å². The van der Waals surface area contributed by atoms with Crippen molar-refractivity contribution in [1.29, 1.82) is 0 Å². The summed E-state index contributed by atoms with van der Waals surface area (Å²) < 4.78 is 0. The van der Waals surface area contributed by atoms with Crippen molar-refractivity contribution in [3.8, 4) is 0 Å². The molecule has 0 aliphatic carbocycles. The van der Waals surface area contributed by atoms with Crippen molar-refractivity contribution in [3.63, 3.8) is 0 Å². The minimum Gasteiger partial charge on any atom is -0.326 e. The first-order valence-corrected chi connectivity index (χ1v) is 8.22. The monoisotopic (exact) mass is 310 g/mol. The second-order valence-corrected chi connectivity index (χ2v) is 5.92. The van der Waals surface area contributed by atoms with E-state index in [2.05, 4.69) is 41.4 Å². The van der Waals surface area contributed by atoms with Gasteiger partial charge in [0, 0.05) is 25.2 Å². The summed E-state index contributed by atoms with van der Waals surface area (Å²) in [4.78, 5) is 14.5. The van der Waals surface area contributed by atoms with Crippen LogP contribution < -0.4 is 5.32 Å². The van der Waals surface area contributed by atoms with E-state index in [-0.39, 0.29) is 5.91 Å². The zero-order valence-corrected chi connectivity index (χ0v) is 14.3. The van der Waals surface area contributed by atoms with E-state index >= 15 is 0 Å². The van der Waals surface area contributed by atoms with Gasteiger partial charge in [0.15, 0.2) is 0 Å². The molecule has 1 N–H and O–H groups in total. The number of aryl methyl sites for hydroxylation is 2. The molecule has 3 nitrogen and oxygen atoms in total. The summed E-state index contributed by atoms with van der Waals surface area (Å²) >= 11 is 0. The Labute approximate surface area is 139 Å². The molecule has 1 amide bonds. The van der Waals surface area contributed by atoms with Gasteiger partial charge in [0.1, 0.15) is 0 Å². The molecule has 0 radical (unpaired) electrons. The molecule has 2 rings (SSSR count). The molecule has 2 aromatic carbocycles. The second-order valence-electron chi connectivity index (χ2n) is 5.92. The Morgan fingerprint density at radius 2 is 1.65 bits per heavy atom. The Morgan fingerprint density at radius 3 is 2.26 bits per heavy atom. The van der Waals surface area contributed by atoms with Crippen molar-refractivity contribution in [2.75, 3.05) is 18.4 Å². The van der Waals surface area contributed by atoms with E-state index in [1.165, 1.54) is 5.56 Å². The molecule has 0 saturated carbocycles. The maximum Gasteiger partial charge on any atom is 0.225 e. The predicted molar refractivity (Wildman–Crippen MR) is 96.6 cm³/mol. The van der Waals surface area contributed by atoms with Crippen molar-refractivity contribution in [2.45, 2.75) is 33.7 Å². The summed E-state index contributed by atoms with van der Waals surface area (Å²) in [6, 6.07) is 16.4. The lowest BCUT2D eigenvalue weighted by Gasteiger charge is -2.20. The summed E-state index contributed by atoms with van der Waals surface area (Å²) in [6.07, 6.45) is 0.508. The fraction of sp³-hybridized carbons (Fsp3) is 0.350. The first-order chi connectivity index (χ1) is 11.1. The highest BCUT2D eigenvalue weighted by molar-refractivity contribution is 5.92. The Bertz CT molecular complexity index is 617. The largest absolute Gasteiger partial charge is 0.326 e. The molecule has 0 saturated heterocycles. The van der Waals surface area contributed by atoms with E-state index in [1.54, 1.807) is 0 Å². The van der Waals surface area contributed by atoms with Crippen molar-refractivity contribution in [1.82, 2.24) is 4.90 Å². The zero-order chi connectivity index (χ0) is 16.7. The molecular weight excluding hydrogens is 284 g/mol. The minimum absolute atomic E-state index is 0.0777. The quantitative estimate of drug-likeness (QED) is 0.833. The molecule has 0 aromatic heterocycles. The average molecular weight is 310 g/mol. The number of anilines is 1. The van der Waals surface area contributed by atoms with E-state index in [0.717, 1.165) is 36.4 Å². The van der Waals surface area contributed by atoms with Crippen LogP contribution in [0.2, 0.25) is 0 Å². The van der Waals surface area contributed by atoms with Gasteiger partial charge in [-0.2, -0.15) is 0 Å². The van der Waals surface area contributed by atoms with Gasteiger partial charge in [-0.3, -0.25) is 9.69 Å².